The number of ether oxygens (including phenoxy) is 1. The van der Waals surface area contributed by atoms with Crippen LogP contribution in [0.2, 0.25) is 0 Å². The second-order valence-electron chi connectivity index (χ2n) is 5.35. The molecule has 0 radical (unpaired) electrons. The Morgan fingerprint density at radius 1 is 1.09 bits per heavy atom. The molecule has 5 nitrogen and oxygen atoms in total. The van der Waals surface area contributed by atoms with Crippen LogP contribution in [0.1, 0.15) is 24.2 Å². The summed E-state index contributed by atoms with van der Waals surface area (Å²) in [5.74, 6) is 0.818. The number of hydrogen-bond donors (Lipinski definition) is 1. The van der Waals surface area contributed by atoms with Gasteiger partial charge >= 0.3 is 0 Å². The van der Waals surface area contributed by atoms with Gasteiger partial charge < -0.3 is 10.5 Å². The maximum absolute atomic E-state index is 5.86. The van der Waals surface area contributed by atoms with E-state index in [1.165, 1.54) is 5.56 Å². The fourth-order valence-corrected chi connectivity index (χ4v) is 2.66. The van der Waals surface area contributed by atoms with E-state index < -0.39 is 0 Å². The highest BCUT2D eigenvalue weighted by Crippen LogP contribution is 2.29. The summed E-state index contributed by atoms with van der Waals surface area (Å²) in [6.07, 6.45) is 0. The smallest absolute Gasteiger partial charge is 0.118 e. The summed E-state index contributed by atoms with van der Waals surface area (Å²) in [6.45, 7) is 2.46. The molecule has 0 bridgehead atoms. The van der Waals surface area contributed by atoms with Crippen LogP contribution in [0, 0.1) is 0 Å². The van der Waals surface area contributed by atoms with Crippen molar-refractivity contribution in [2.45, 2.75) is 19.5 Å². The minimum Gasteiger partial charge on any atom is -0.497 e. The van der Waals surface area contributed by atoms with Crippen LogP contribution >= 0.6 is 0 Å². The number of benzene rings is 2. The Labute approximate surface area is 135 Å². The third-order valence-electron chi connectivity index (χ3n) is 3.97. The van der Waals surface area contributed by atoms with Gasteiger partial charge in [-0.25, -0.2) is 4.68 Å². The average Bonchev–Trinajstić information content (AvgIpc) is 3.06. The Morgan fingerprint density at radius 2 is 1.78 bits per heavy atom. The van der Waals surface area contributed by atoms with Crippen molar-refractivity contribution in [1.29, 1.82) is 0 Å². The van der Waals surface area contributed by atoms with Crippen molar-refractivity contribution >= 4 is 0 Å². The van der Waals surface area contributed by atoms with Crippen molar-refractivity contribution in [3.05, 3.63) is 65.9 Å². The van der Waals surface area contributed by atoms with Crippen LogP contribution in [0.15, 0.2) is 54.6 Å². The second kappa shape index (κ2) is 6.62. The van der Waals surface area contributed by atoms with Gasteiger partial charge in [-0.05, 0) is 36.8 Å². The van der Waals surface area contributed by atoms with E-state index in [9.17, 15) is 0 Å². The highest BCUT2D eigenvalue weighted by atomic mass is 16.5. The predicted molar refractivity (Wildman–Crippen MR) is 90.2 cm³/mol. The summed E-state index contributed by atoms with van der Waals surface area (Å²) in [7, 11) is 1.66. The van der Waals surface area contributed by atoms with Gasteiger partial charge in [-0.2, -0.15) is 0 Å². The van der Waals surface area contributed by atoms with Crippen molar-refractivity contribution < 1.29 is 4.74 Å². The summed E-state index contributed by atoms with van der Waals surface area (Å²) in [5.41, 5.74) is 9.80. The van der Waals surface area contributed by atoms with Crippen LogP contribution in [0.4, 0.5) is 0 Å². The molecule has 0 saturated heterocycles. The van der Waals surface area contributed by atoms with Crippen molar-refractivity contribution in [2.75, 3.05) is 7.11 Å². The zero-order valence-corrected chi connectivity index (χ0v) is 13.3. The summed E-state index contributed by atoms with van der Waals surface area (Å²) in [6, 6.07) is 18.2. The highest BCUT2D eigenvalue weighted by molar-refractivity contribution is 5.63. The number of nitrogens with zero attached hydrogens (tertiary/aromatic N) is 3. The molecule has 1 aromatic heterocycles. The fourth-order valence-electron chi connectivity index (χ4n) is 2.66. The van der Waals surface area contributed by atoms with Gasteiger partial charge in [0.2, 0.25) is 0 Å². The van der Waals surface area contributed by atoms with Crippen molar-refractivity contribution in [2.24, 2.45) is 5.73 Å². The largest absolute Gasteiger partial charge is 0.497 e. The Bertz CT molecular complexity index is 765. The first-order valence-electron chi connectivity index (χ1n) is 7.58. The van der Waals surface area contributed by atoms with Gasteiger partial charge in [0.25, 0.3) is 0 Å². The molecular weight excluding hydrogens is 288 g/mol. The van der Waals surface area contributed by atoms with E-state index in [0.717, 1.165) is 22.7 Å². The molecule has 0 aliphatic heterocycles. The quantitative estimate of drug-likeness (QED) is 0.787. The van der Waals surface area contributed by atoms with Crippen LogP contribution in [-0.2, 0) is 6.54 Å². The summed E-state index contributed by atoms with van der Waals surface area (Å²) in [4.78, 5) is 0. The van der Waals surface area contributed by atoms with Crippen LogP contribution in [0.5, 0.6) is 5.75 Å². The first-order chi connectivity index (χ1) is 11.2. The van der Waals surface area contributed by atoms with E-state index in [4.69, 9.17) is 10.5 Å². The van der Waals surface area contributed by atoms with Gasteiger partial charge in [0.1, 0.15) is 11.4 Å². The highest BCUT2D eigenvalue weighted by Gasteiger charge is 2.19. The second-order valence-corrected chi connectivity index (χ2v) is 5.35. The number of nitrogens with two attached hydrogens (primary N) is 1. The standard InChI is InChI=1S/C18H20N4O/c1-13(14-6-4-3-5-7-14)22-18(17(12-19)20-21-22)15-8-10-16(23-2)11-9-15/h3-11,13H,12,19H2,1-2H3. The van der Waals surface area contributed by atoms with Gasteiger partial charge in [0.05, 0.1) is 18.8 Å². The van der Waals surface area contributed by atoms with Crippen LogP contribution in [0.25, 0.3) is 11.3 Å². The first kappa shape index (κ1) is 15.2. The molecular formula is C18H20N4O. The molecule has 0 saturated carbocycles. The third-order valence-corrected chi connectivity index (χ3v) is 3.97. The van der Waals surface area contributed by atoms with E-state index in [-0.39, 0.29) is 6.04 Å². The molecule has 118 valence electrons. The summed E-state index contributed by atoms with van der Waals surface area (Å²) in [5, 5.41) is 8.59. The molecule has 3 rings (SSSR count). The number of methoxy groups -OCH3 is 1. The molecule has 0 spiro atoms. The summed E-state index contributed by atoms with van der Waals surface area (Å²) >= 11 is 0. The lowest BCUT2D eigenvalue weighted by Gasteiger charge is -2.16. The molecule has 2 N–H and O–H groups in total. The Morgan fingerprint density at radius 3 is 2.39 bits per heavy atom. The fraction of sp³-hybridized carbons (Fsp3) is 0.222. The minimum absolute atomic E-state index is 0.0705. The molecule has 23 heavy (non-hydrogen) atoms. The lowest BCUT2D eigenvalue weighted by atomic mass is 10.1. The maximum atomic E-state index is 5.86. The summed E-state index contributed by atoms with van der Waals surface area (Å²) < 4.78 is 7.16. The normalized spacial score (nSPS) is 12.1. The van der Waals surface area contributed by atoms with Gasteiger partial charge in [-0.15, -0.1) is 5.10 Å². The molecule has 1 atom stereocenters. The van der Waals surface area contributed by atoms with E-state index >= 15 is 0 Å². The molecule has 1 unspecified atom stereocenters. The first-order valence-corrected chi connectivity index (χ1v) is 7.58. The third kappa shape index (κ3) is 2.96. The lowest BCUT2D eigenvalue weighted by Crippen LogP contribution is -2.11. The Kier molecular flexibility index (Phi) is 4.39. The maximum Gasteiger partial charge on any atom is 0.118 e. The molecule has 5 heteroatoms. The molecule has 1 heterocycles. The lowest BCUT2D eigenvalue weighted by molar-refractivity contribution is 0.415. The zero-order chi connectivity index (χ0) is 16.2. The molecule has 0 amide bonds. The van der Waals surface area contributed by atoms with Gasteiger partial charge in [0, 0.05) is 12.1 Å². The monoisotopic (exact) mass is 308 g/mol. The van der Waals surface area contributed by atoms with E-state index in [0.29, 0.717) is 6.54 Å². The molecule has 0 aliphatic rings. The molecule has 0 fully saturated rings. The van der Waals surface area contributed by atoms with E-state index in [2.05, 4.69) is 29.4 Å². The van der Waals surface area contributed by atoms with Crippen LogP contribution in [0.3, 0.4) is 0 Å². The minimum atomic E-state index is 0.0705. The van der Waals surface area contributed by atoms with Crippen molar-refractivity contribution in [1.82, 2.24) is 15.0 Å². The molecule has 2 aromatic carbocycles. The average molecular weight is 308 g/mol. The van der Waals surface area contributed by atoms with Gasteiger partial charge in [0.15, 0.2) is 0 Å². The Balaban J connectivity index is 2.06. The number of aromatic nitrogens is 3. The predicted octanol–water partition coefficient (Wildman–Crippen LogP) is 3.02. The van der Waals surface area contributed by atoms with Crippen LogP contribution < -0.4 is 10.5 Å². The topological polar surface area (TPSA) is 66.0 Å². The molecule has 3 aromatic rings. The van der Waals surface area contributed by atoms with Gasteiger partial charge in [-0.3, -0.25) is 0 Å². The van der Waals surface area contributed by atoms with E-state index in [1.54, 1.807) is 7.11 Å². The molecule has 0 aliphatic carbocycles. The number of hydrogen-bond acceptors (Lipinski definition) is 4. The van der Waals surface area contributed by atoms with Crippen molar-refractivity contribution in [3.8, 4) is 17.0 Å². The Hall–Kier alpha value is -2.66. The zero-order valence-electron chi connectivity index (χ0n) is 13.3. The van der Waals surface area contributed by atoms with Crippen molar-refractivity contribution in [3.63, 3.8) is 0 Å². The van der Waals surface area contributed by atoms with E-state index in [1.807, 2.05) is 47.1 Å². The number of rotatable bonds is 5. The SMILES string of the molecule is COc1ccc(-c2c(CN)nnn2C(C)c2ccccc2)cc1. The van der Waals surface area contributed by atoms with Crippen LogP contribution in [-0.4, -0.2) is 22.1 Å². The van der Waals surface area contributed by atoms with Gasteiger partial charge in [-0.1, -0.05) is 35.5 Å².